The van der Waals surface area contributed by atoms with Crippen LogP contribution in [0.5, 0.6) is 35.3 Å². The molecule has 16 rings (SSSR count). The Balaban J connectivity index is 0.763. The average Bonchev–Trinajstić information content (AvgIpc) is 1.64. The van der Waals surface area contributed by atoms with E-state index in [1.165, 1.54) is 98.8 Å². The average molecular weight is 1170 g/mol. The predicted molar refractivity (Wildman–Crippen MR) is 360 cm³/mol. The van der Waals surface area contributed by atoms with E-state index in [2.05, 4.69) is 289 Å². The van der Waals surface area contributed by atoms with Crippen LogP contribution >= 0.6 is 0 Å². The topological polar surface area (TPSA) is 95.9 Å². The monoisotopic (exact) mass is 1170 g/mol. The summed E-state index contributed by atoms with van der Waals surface area (Å²) >= 11 is 0. The minimum atomic E-state index is -0.0880. The fourth-order valence-corrected chi connectivity index (χ4v) is 14.2. The Hall–Kier alpha value is -11.4. The van der Waals surface area contributed by atoms with E-state index < -0.39 is 0 Å². The van der Waals surface area contributed by atoms with Crippen LogP contribution in [0.4, 0.5) is 0 Å². The Morgan fingerprint density at radius 1 is 0.233 bits per heavy atom. The molecule has 0 unspecified atom stereocenters. The van der Waals surface area contributed by atoms with Crippen LogP contribution < -0.4 is 14.2 Å². The molecule has 90 heavy (non-hydrogen) atoms. The maximum Gasteiger partial charge on any atom is 0.331 e. The minimum absolute atomic E-state index is 0.00889. The maximum atomic E-state index is 6.64. The lowest BCUT2D eigenvalue weighted by Gasteiger charge is -2.18. The maximum absolute atomic E-state index is 6.64. The van der Waals surface area contributed by atoms with Crippen molar-refractivity contribution in [2.45, 2.75) is 17.8 Å². The third-order valence-corrected chi connectivity index (χ3v) is 18.3. The van der Waals surface area contributed by atoms with Gasteiger partial charge in [-0.3, -0.25) is 0 Å². The van der Waals surface area contributed by atoms with Crippen LogP contribution in [0.1, 0.15) is 67.8 Å². The van der Waals surface area contributed by atoms with Crippen LogP contribution in [0.3, 0.4) is 0 Å². The summed E-state index contributed by atoms with van der Waals surface area (Å²) in [6.07, 6.45) is 13.6. The van der Waals surface area contributed by atoms with Gasteiger partial charge in [-0.15, -0.1) is 15.0 Å². The van der Waals surface area contributed by atoms with Gasteiger partial charge < -0.3 is 41.6 Å². The van der Waals surface area contributed by atoms with Crippen molar-refractivity contribution in [2.75, 3.05) is 0 Å². The lowest BCUT2D eigenvalue weighted by atomic mass is 9.85. The molecular weight excluding hydrogens is 1110 g/mol. The lowest BCUT2D eigenvalue weighted by Crippen LogP contribution is -2.04. The van der Waals surface area contributed by atoms with Gasteiger partial charge in [0.15, 0.2) is 0 Å². The number of hydrogen-bond donors (Lipinski definition) is 0. The summed E-state index contributed by atoms with van der Waals surface area (Å²) in [6, 6.07) is 76.3. The second kappa shape index (κ2) is 21.8. The Morgan fingerprint density at radius 3 is 0.600 bits per heavy atom. The Labute approximate surface area is 520 Å². The zero-order valence-electron chi connectivity index (χ0n) is 50.7. The number of fused-ring (bicyclic) bond motifs is 6. The molecule has 9 aromatic carbocycles. The number of ether oxygens (including phenoxy) is 3. The van der Waals surface area contributed by atoms with Gasteiger partial charge in [0.2, 0.25) is 0 Å². The van der Waals surface area contributed by atoms with Gasteiger partial charge in [0.1, 0.15) is 17.2 Å². The highest BCUT2D eigenvalue weighted by atomic mass is 16.5. The number of para-hydroxylation sites is 6. The van der Waals surface area contributed by atoms with Gasteiger partial charge in [-0.1, -0.05) is 146 Å². The quantitative estimate of drug-likeness (QED) is 0.101. The highest BCUT2D eigenvalue weighted by molar-refractivity contribution is 5.93. The molecule has 438 valence electrons. The summed E-state index contributed by atoms with van der Waals surface area (Å²) in [5, 5.41) is 7.23. The van der Waals surface area contributed by atoms with Crippen molar-refractivity contribution in [3.63, 3.8) is 0 Å². The van der Waals surface area contributed by atoms with Crippen molar-refractivity contribution in [2.24, 2.45) is 42.3 Å². The molecule has 0 fully saturated rings. The molecule has 12 heteroatoms. The van der Waals surface area contributed by atoms with Gasteiger partial charge in [-0.2, -0.15) is 0 Å². The Kier molecular flexibility index (Phi) is 13.1. The lowest BCUT2D eigenvalue weighted by molar-refractivity contribution is 0.362. The number of aromatic nitrogens is 9. The van der Waals surface area contributed by atoms with E-state index in [1.54, 1.807) is 0 Å². The second-order valence-corrected chi connectivity index (χ2v) is 23.8. The van der Waals surface area contributed by atoms with Crippen molar-refractivity contribution >= 4 is 65.4 Å². The highest BCUT2D eigenvalue weighted by Gasteiger charge is 2.29. The van der Waals surface area contributed by atoms with Gasteiger partial charge in [0.05, 0.1) is 0 Å². The molecule has 0 saturated carbocycles. The zero-order valence-corrected chi connectivity index (χ0v) is 50.7. The fourth-order valence-electron chi connectivity index (χ4n) is 14.2. The molecule has 0 aliphatic heterocycles. The van der Waals surface area contributed by atoms with Gasteiger partial charge in [-0.05, 0) is 123 Å². The summed E-state index contributed by atoms with van der Waals surface area (Å²) in [5.41, 5.74) is 17.7. The van der Waals surface area contributed by atoms with E-state index in [0.717, 1.165) is 16.7 Å². The third-order valence-electron chi connectivity index (χ3n) is 18.3. The van der Waals surface area contributed by atoms with Crippen molar-refractivity contribution in [3.05, 3.63) is 306 Å². The number of rotatable bonds is 15. The first-order valence-corrected chi connectivity index (χ1v) is 30.4. The van der Waals surface area contributed by atoms with Crippen molar-refractivity contribution < 1.29 is 14.2 Å². The molecular formula is C78H63N9O3. The first-order chi connectivity index (χ1) is 44.1. The molecule has 12 nitrogen and oxygen atoms in total. The number of benzene rings is 9. The summed E-state index contributed by atoms with van der Waals surface area (Å²) < 4.78 is 33.2. The van der Waals surface area contributed by atoms with Gasteiger partial charge in [0.25, 0.3) is 0 Å². The molecule has 0 radical (unpaired) electrons. The second-order valence-electron chi connectivity index (χ2n) is 23.8. The largest absolute Gasteiger partial charge is 0.424 e. The number of hydrogen-bond acceptors (Lipinski definition) is 6. The summed E-state index contributed by atoms with van der Waals surface area (Å²) in [4.78, 5) is 14.4. The van der Waals surface area contributed by atoms with Gasteiger partial charge in [-0.25, -0.2) is 0 Å². The zero-order chi connectivity index (χ0) is 60.7. The summed E-state index contributed by atoms with van der Waals surface area (Å²) in [6.45, 7) is 0. The molecule has 0 N–H and O–H groups in total. The van der Waals surface area contributed by atoms with Crippen molar-refractivity contribution in [3.8, 4) is 35.3 Å². The van der Waals surface area contributed by atoms with E-state index in [9.17, 15) is 0 Å². The van der Waals surface area contributed by atoms with E-state index >= 15 is 0 Å². The van der Waals surface area contributed by atoms with E-state index in [0.29, 0.717) is 17.2 Å². The number of nitrogens with zero attached hydrogens (tertiary/aromatic N) is 9. The van der Waals surface area contributed by atoms with Gasteiger partial charge >= 0.3 is 18.0 Å². The first kappa shape index (κ1) is 54.1. The predicted octanol–water partition coefficient (Wildman–Crippen LogP) is 17.7. The molecule has 0 aliphatic rings. The van der Waals surface area contributed by atoms with E-state index in [-0.39, 0.29) is 35.8 Å². The molecule has 16 aromatic rings. The molecule has 0 spiro atoms. The Morgan fingerprint density at radius 2 is 0.411 bits per heavy atom. The highest BCUT2D eigenvalue weighted by Crippen LogP contribution is 2.45. The minimum Gasteiger partial charge on any atom is -0.424 e. The van der Waals surface area contributed by atoms with Crippen LogP contribution in [0.25, 0.3) is 65.4 Å². The first-order valence-electron chi connectivity index (χ1n) is 30.4. The smallest absolute Gasteiger partial charge is 0.331 e. The van der Waals surface area contributed by atoms with E-state index in [4.69, 9.17) is 29.2 Å². The fraction of sp³-hybridized carbons (Fsp3) is 0.115. The van der Waals surface area contributed by atoms with Crippen LogP contribution in [0, 0.1) is 0 Å². The summed E-state index contributed by atoms with van der Waals surface area (Å²) in [5.74, 6) is 1.34. The van der Waals surface area contributed by atoms with E-state index in [1.807, 2.05) is 36.4 Å². The van der Waals surface area contributed by atoms with Crippen LogP contribution in [0.2, 0.25) is 0 Å². The van der Waals surface area contributed by atoms with Crippen molar-refractivity contribution in [1.29, 1.82) is 0 Å². The normalized spacial score (nSPS) is 12.0. The molecule has 0 atom stereocenters. The standard InChI is InChI=1S/C78H63N9O3/c1-82-43-61(55-19-7-13-25-67(55)82)73(62-44-83(2)68-26-14-8-20-56(62)68)49-31-37-52(38-32-49)88-76-79-77(89-53-39-33-50(34-40-53)74(63-45-84(3)69-27-15-9-21-57(63)69)64-46-85(4)70-28-16-10-22-58(64)70)81-78(80-76)90-54-41-35-51(36-42-54)75(65-47-86(5)71-29-17-11-23-59(65)71)66-48-87(6)72-30-18-12-24-60(66)72/h7-48,73-75H,1-6H3. The van der Waals surface area contributed by atoms with Crippen molar-refractivity contribution in [1.82, 2.24) is 42.4 Å². The molecule has 0 saturated heterocycles. The van der Waals surface area contributed by atoms with Crippen LogP contribution in [0.15, 0.2) is 256 Å². The molecule has 7 aromatic heterocycles. The Bertz CT molecular complexity index is 4600. The molecule has 7 heterocycles. The SMILES string of the molecule is Cn1cc(C(c2ccc(Oc3nc(Oc4ccc(C(c5cn(C)c6ccccc56)c5cn(C)c6ccccc56)cc4)nc(Oc4ccc(C(c5cn(C)c6ccccc56)c5cn(C)c6ccccc56)cc4)n3)cc2)c2cn(C)c3ccccc23)c2ccccc21. The molecule has 0 aliphatic carbocycles. The summed E-state index contributed by atoms with van der Waals surface area (Å²) in [7, 11) is 12.7. The van der Waals surface area contributed by atoms with Crippen LogP contribution in [-0.4, -0.2) is 42.4 Å². The third kappa shape index (κ3) is 9.34. The molecule has 0 amide bonds. The van der Waals surface area contributed by atoms with Crippen LogP contribution in [-0.2, 0) is 42.3 Å². The van der Waals surface area contributed by atoms with Gasteiger partial charge in [0, 0.05) is 163 Å². The molecule has 0 bridgehead atoms. The number of aryl methyl sites for hydroxylation is 6.